The smallest absolute Gasteiger partial charge is 0.144 e. The number of rotatable bonds is 3. The summed E-state index contributed by atoms with van der Waals surface area (Å²) in [6.07, 6.45) is 0. The van der Waals surface area contributed by atoms with Crippen molar-refractivity contribution in [3.8, 4) is 0 Å². The molecule has 0 bridgehead atoms. The molecule has 0 aliphatic carbocycles. The Morgan fingerprint density at radius 2 is 1.12 bits per heavy atom. The van der Waals surface area contributed by atoms with Gasteiger partial charge in [-0.25, -0.2) is 0 Å². The van der Waals surface area contributed by atoms with Crippen LogP contribution in [-0.4, -0.2) is 11.6 Å². The van der Waals surface area contributed by atoms with Crippen LogP contribution in [0.1, 0.15) is 62.3 Å². The van der Waals surface area contributed by atoms with Gasteiger partial charge < -0.3 is 0 Å². The minimum Gasteiger partial charge on any atom is -0.299 e. The minimum absolute atomic E-state index is 0.148. The Labute approximate surface area is 106 Å². The average molecular weight is 240 g/mol. The number of hydrogen-bond acceptors (Lipinski definition) is 2. The number of ketones is 2. The highest BCUT2D eigenvalue weighted by molar-refractivity contribution is 5.96. The number of carbonyl (C=O) groups is 2. The summed E-state index contributed by atoms with van der Waals surface area (Å²) in [6.45, 7) is 17.1. The molecule has 0 aromatic heterocycles. The Bertz CT molecular complexity index is 311. The van der Waals surface area contributed by atoms with Crippen LogP contribution < -0.4 is 0 Å². The second-order valence-electron chi connectivity index (χ2n) is 7.64. The highest BCUT2D eigenvalue weighted by Gasteiger charge is 2.44. The maximum Gasteiger partial charge on any atom is 0.144 e. The molecule has 0 aliphatic heterocycles. The molecule has 0 aliphatic rings. The maximum atomic E-state index is 12.4. The lowest BCUT2D eigenvalue weighted by atomic mass is 9.64. The van der Waals surface area contributed by atoms with E-state index in [1.165, 1.54) is 0 Å². The lowest BCUT2D eigenvalue weighted by molar-refractivity contribution is -0.145. The molecule has 17 heavy (non-hydrogen) atoms. The Morgan fingerprint density at radius 3 is 1.35 bits per heavy atom. The molecule has 0 radical (unpaired) electrons. The summed E-state index contributed by atoms with van der Waals surface area (Å²) in [7, 11) is 0. The Morgan fingerprint density at radius 1 is 0.765 bits per heavy atom. The molecule has 0 fully saturated rings. The highest BCUT2D eigenvalue weighted by Crippen LogP contribution is 2.38. The minimum atomic E-state index is -0.609. The van der Waals surface area contributed by atoms with E-state index >= 15 is 0 Å². The van der Waals surface area contributed by atoms with Crippen molar-refractivity contribution >= 4 is 11.6 Å². The van der Waals surface area contributed by atoms with Gasteiger partial charge in [-0.1, -0.05) is 62.3 Å². The molecule has 1 atom stereocenters. The van der Waals surface area contributed by atoms with E-state index in [0.29, 0.717) is 0 Å². The first-order chi connectivity index (χ1) is 7.22. The van der Waals surface area contributed by atoms with Crippen LogP contribution in [0.4, 0.5) is 0 Å². The monoisotopic (exact) mass is 240 g/mol. The van der Waals surface area contributed by atoms with Crippen LogP contribution in [0.15, 0.2) is 0 Å². The third-order valence-electron chi connectivity index (χ3n) is 3.48. The van der Waals surface area contributed by atoms with Crippen molar-refractivity contribution in [2.75, 3.05) is 0 Å². The fourth-order valence-corrected chi connectivity index (χ4v) is 2.14. The largest absolute Gasteiger partial charge is 0.299 e. The summed E-state index contributed by atoms with van der Waals surface area (Å²) < 4.78 is 0. The molecule has 0 aromatic rings. The van der Waals surface area contributed by atoms with E-state index in [1.54, 1.807) is 0 Å². The fraction of sp³-hybridized carbons (Fsp3) is 0.867. The molecular formula is C15H28O2. The summed E-state index contributed by atoms with van der Waals surface area (Å²) in [6, 6.07) is 0. The van der Waals surface area contributed by atoms with Crippen LogP contribution in [-0.2, 0) is 9.59 Å². The van der Waals surface area contributed by atoms with E-state index in [4.69, 9.17) is 0 Å². The topological polar surface area (TPSA) is 34.1 Å². The molecule has 2 nitrogen and oxygen atoms in total. The van der Waals surface area contributed by atoms with Gasteiger partial charge in [-0.15, -0.1) is 0 Å². The zero-order valence-corrected chi connectivity index (χ0v) is 12.9. The maximum absolute atomic E-state index is 12.4. The lowest BCUT2D eigenvalue weighted by Crippen LogP contribution is -2.45. The van der Waals surface area contributed by atoms with E-state index in [-0.39, 0.29) is 17.5 Å². The van der Waals surface area contributed by atoms with Crippen molar-refractivity contribution < 1.29 is 9.59 Å². The first-order valence-electron chi connectivity index (χ1n) is 6.31. The van der Waals surface area contributed by atoms with Gasteiger partial charge in [0.1, 0.15) is 11.6 Å². The summed E-state index contributed by atoms with van der Waals surface area (Å²) in [5.74, 6) is 0.0458. The van der Waals surface area contributed by atoms with Crippen LogP contribution in [0, 0.1) is 22.2 Å². The molecule has 2 heteroatoms. The van der Waals surface area contributed by atoms with E-state index in [2.05, 4.69) is 0 Å². The van der Waals surface area contributed by atoms with Gasteiger partial charge in [0.15, 0.2) is 0 Å². The van der Waals surface area contributed by atoms with Crippen LogP contribution in [0.25, 0.3) is 0 Å². The van der Waals surface area contributed by atoms with Crippen molar-refractivity contribution in [3.63, 3.8) is 0 Å². The van der Waals surface area contributed by atoms with Crippen LogP contribution >= 0.6 is 0 Å². The van der Waals surface area contributed by atoms with E-state index in [1.807, 2.05) is 62.3 Å². The standard InChI is InChI=1S/C15H28O2/c1-10(11(16)13(2,3)4)15(8,9)12(17)14(5,6)7/h10H,1-9H3. The second kappa shape index (κ2) is 4.55. The summed E-state index contributed by atoms with van der Waals surface area (Å²) in [5, 5.41) is 0. The Hall–Kier alpha value is -0.660. The predicted molar refractivity (Wildman–Crippen MR) is 71.9 cm³/mol. The molecule has 0 amide bonds. The number of hydrogen-bond donors (Lipinski definition) is 0. The molecule has 0 saturated heterocycles. The van der Waals surface area contributed by atoms with Gasteiger partial charge >= 0.3 is 0 Å². The van der Waals surface area contributed by atoms with Crippen LogP contribution in [0.5, 0.6) is 0 Å². The third kappa shape index (κ3) is 3.65. The van der Waals surface area contributed by atoms with Gasteiger partial charge in [-0.3, -0.25) is 9.59 Å². The molecular weight excluding hydrogens is 212 g/mol. The van der Waals surface area contributed by atoms with E-state index in [0.717, 1.165) is 0 Å². The lowest BCUT2D eigenvalue weighted by Gasteiger charge is -2.37. The summed E-state index contributed by atoms with van der Waals surface area (Å²) in [5.41, 5.74) is -1.41. The van der Waals surface area contributed by atoms with Gasteiger partial charge in [0, 0.05) is 22.2 Å². The van der Waals surface area contributed by atoms with Gasteiger partial charge in [-0.05, 0) is 0 Å². The third-order valence-corrected chi connectivity index (χ3v) is 3.48. The van der Waals surface area contributed by atoms with Crippen molar-refractivity contribution in [1.82, 2.24) is 0 Å². The zero-order chi connectivity index (χ0) is 14.2. The molecule has 0 aromatic carbocycles. The Kier molecular flexibility index (Phi) is 4.37. The summed E-state index contributed by atoms with van der Waals surface area (Å²) in [4.78, 5) is 24.7. The second-order valence-corrected chi connectivity index (χ2v) is 7.64. The first-order valence-corrected chi connectivity index (χ1v) is 6.31. The van der Waals surface area contributed by atoms with Crippen molar-refractivity contribution in [3.05, 3.63) is 0 Å². The first kappa shape index (κ1) is 16.3. The van der Waals surface area contributed by atoms with Crippen molar-refractivity contribution in [1.29, 1.82) is 0 Å². The molecule has 0 N–H and O–H groups in total. The molecule has 0 spiro atoms. The quantitative estimate of drug-likeness (QED) is 0.750. The molecule has 1 unspecified atom stereocenters. The normalized spacial score (nSPS) is 15.6. The fourth-order valence-electron chi connectivity index (χ4n) is 2.14. The van der Waals surface area contributed by atoms with Crippen molar-refractivity contribution in [2.24, 2.45) is 22.2 Å². The number of Topliss-reactive ketones (excluding diaryl/α,β-unsaturated/α-hetero) is 2. The van der Waals surface area contributed by atoms with Crippen LogP contribution in [0.3, 0.4) is 0 Å². The number of carbonyl (C=O) groups excluding carboxylic acids is 2. The molecule has 0 rings (SSSR count). The summed E-state index contributed by atoms with van der Waals surface area (Å²) >= 11 is 0. The van der Waals surface area contributed by atoms with Gasteiger partial charge in [0.25, 0.3) is 0 Å². The van der Waals surface area contributed by atoms with Crippen LogP contribution in [0.2, 0.25) is 0 Å². The van der Waals surface area contributed by atoms with Crippen molar-refractivity contribution in [2.45, 2.75) is 62.3 Å². The van der Waals surface area contributed by atoms with Gasteiger partial charge in [0.05, 0.1) is 0 Å². The SMILES string of the molecule is CC(C(=O)C(C)(C)C)C(C)(C)C(=O)C(C)(C)C. The predicted octanol–water partition coefficient (Wildman–Crippen LogP) is 3.88. The Balaban J connectivity index is 5.22. The highest BCUT2D eigenvalue weighted by atomic mass is 16.1. The molecule has 100 valence electrons. The van der Waals surface area contributed by atoms with Gasteiger partial charge in [-0.2, -0.15) is 0 Å². The molecule has 0 heterocycles. The van der Waals surface area contributed by atoms with Gasteiger partial charge in [0.2, 0.25) is 0 Å². The van der Waals surface area contributed by atoms with E-state index in [9.17, 15) is 9.59 Å². The average Bonchev–Trinajstić information content (AvgIpc) is 2.11. The zero-order valence-electron chi connectivity index (χ0n) is 12.9. The molecule has 0 saturated carbocycles. The van der Waals surface area contributed by atoms with E-state index < -0.39 is 16.2 Å².